The van der Waals surface area contributed by atoms with Gasteiger partial charge in [0.25, 0.3) is 10.1 Å². The van der Waals surface area contributed by atoms with Crippen molar-refractivity contribution in [3.05, 3.63) is 29.8 Å². The number of rotatable bonds is 5. The number of hydrogen-bond donors (Lipinski definition) is 2. The van der Waals surface area contributed by atoms with E-state index in [9.17, 15) is 18.0 Å². The second-order valence-electron chi connectivity index (χ2n) is 3.79. The van der Waals surface area contributed by atoms with Gasteiger partial charge in [-0.15, -0.1) is 0 Å². The van der Waals surface area contributed by atoms with Crippen molar-refractivity contribution in [3.63, 3.8) is 0 Å². The third-order valence-electron chi connectivity index (χ3n) is 2.29. The van der Waals surface area contributed by atoms with E-state index in [1.165, 1.54) is 6.07 Å². The standard InChI is InChI=1S/C11H12O7S.K.H/c1-7-4-2-3-5-8(7)18-11(14)9(6-10(12)13)19(15,16)17;;/h2-5,9H,6H2,1H3,(H,12,13)(H,15,16,17);;. The molecular weight excluding hydrogens is 315 g/mol. The normalized spacial score (nSPS) is 12.1. The van der Waals surface area contributed by atoms with E-state index in [2.05, 4.69) is 0 Å². The Morgan fingerprint density at radius 3 is 2.30 bits per heavy atom. The Balaban J connectivity index is 0.00000361. The van der Waals surface area contributed by atoms with Crippen molar-refractivity contribution in [3.8, 4) is 5.75 Å². The van der Waals surface area contributed by atoms with Crippen LogP contribution in [-0.2, 0) is 19.7 Å². The molecule has 0 saturated carbocycles. The van der Waals surface area contributed by atoms with Crippen molar-refractivity contribution in [2.45, 2.75) is 18.6 Å². The molecule has 1 atom stereocenters. The third kappa shape index (κ3) is 6.00. The molecule has 0 aliphatic heterocycles. The minimum absolute atomic E-state index is 0. The zero-order chi connectivity index (χ0) is 14.6. The van der Waals surface area contributed by atoms with Crippen LogP contribution in [0, 0.1) is 6.92 Å². The van der Waals surface area contributed by atoms with E-state index in [0.29, 0.717) is 5.56 Å². The summed E-state index contributed by atoms with van der Waals surface area (Å²) in [5, 5.41) is 6.38. The molecule has 0 bridgehead atoms. The van der Waals surface area contributed by atoms with Gasteiger partial charge in [0.15, 0.2) is 5.25 Å². The molecule has 106 valence electrons. The van der Waals surface area contributed by atoms with Gasteiger partial charge in [-0.2, -0.15) is 8.42 Å². The van der Waals surface area contributed by atoms with Gasteiger partial charge in [-0.3, -0.25) is 14.1 Å². The van der Waals surface area contributed by atoms with E-state index in [-0.39, 0.29) is 57.1 Å². The van der Waals surface area contributed by atoms with E-state index in [1.54, 1.807) is 25.1 Å². The van der Waals surface area contributed by atoms with Gasteiger partial charge in [-0.05, 0) is 18.6 Å². The molecule has 0 radical (unpaired) electrons. The topological polar surface area (TPSA) is 118 Å². The van der Waals surface area contributed by atoms with E-state index in [4.69, 9.17) is 14.4 Å². The molecule has 0 saturated heterocycles. The van der Waals surface area contributed by atoms with Crippen LogP contribution in [0.5, 0.6) is 5.75 Å². The van der Waals surface area contributed by atoms with Crippen molar-refractivity contribution < 1.29 is 32.4 Å². The molecule has 0 aromatic heterocycles. The van der Waals surface area contributed by atoms with Crippen LogP contribution in [0.4, 0.5) is 0 Å². The number of para-hydroxylation sites is 1. The summed E-state index contributed by atoms with van der Waals surface area (Å²) in [6.45, 7) is 1.63. The molecule has 1 aromatic rings. The van der Waals surface area contributed by atoms with Gasteiger partial charge in [0.1, 0.15) is 5.75 Å². The summed E-state index contributed by atoms with van der Waals surface area (Å²) < 4.78 is 35.6. The van der Waals surface area contributed by atoms with Crippen LogP contribution in [0.2, 0.25) is 0 Å². The molecule has 0 spiro atoms. The SMILES string of the molecule is Cc1ccccc1OC(=O)C(CC(=O)O)S(=O)(=O)O.[KH]. The first-order valence-electron chi connectivity index (χ1n) is 5.17. The Morgan fingerprint density at radius 2 is 1.85 bits per heavy atom. The number of hydrogen-bond acceptors (Lipinski definition) is 5. The first-order valence-corrected chi connectivity index (χ1v) is 6.67. The van der Waals surface area contributed by atoms with Crippen molar-refractivity contribution in [2.24, 2.45) is 0 Å². The summed E-state index contributed by atoms with van der Waals surface area (Å²) in [5.74, 6) is -2.77. The summed E-state index contributed by atoms with van der Waals surface area (Å²) in [6, 6.07) is 6.30. The first kappa shape index (κ1) is 19.7. The van der Waals surface area contributed by atoms with E-state index in [1.807, 2.05) is 0 Å². The summed E-state index contributed by atoms with van der Waals surface area (Å²) in [5.41, 5.74) is 0.570. The Bertz CT molecular complexity index is 597. The average Bonchev–Trinajstić information content (AvgIpc) is 2.27. The minimum atomic E-state index is -4.85. The Kier molecular flexibility index (Phi) is 8.10. The second kappa shape index (κ2) is 8.22. The van der Waals surface area contributed by atoms with Crippen LogP contribution in [0.15, 0.2) is 24.3 Å². The summed E-state index contributed by atoms with van der Waals surface area (Å²) in [7, 11) is -4.85. The number of benzene rings is 1. The second-order valence-corrected chi connectivity index (χ2v) is 5.39. The van der Waals surface area contributed by atoms with Gasteiger partial charge in [0.05, 0.1) is 6.42 Å². The number of aliphatic carboxylic acids is 1. The predicted molar refractivity (Wildman–Crippen MR) is 71.6 cm³/mol. The molecule has 1 rings (SSSR count). The number of aryl methyl sites for hydroxylation is 1. The molecule has 0 aliphatic rings. The number of ether oxygens (including phenoxy) is 1. The fourth-order valence-electron chi connectivity index (χ4n) is 1.31. The Hall–Kier alpha value is -0.294. The van der Waals surface area contributed by atoms with Gasteiger partial charge in [0, 0.05) is 0 Å². The van der Waals surface area contributed by atoms with Crippen molar-refractivity contribution in [1.29, 1.82) is 0 Å². The molecule has 0 aliphatic carbocycles. The fourth-order valence-corrected chi connectivity index (χ4v) is 1.96. The number of carbonyl (C=O) groups is 2. The molecule has 1 unspecified atom stereocenters. The monoisotopic (exact) mass is 328 g/mol. The van der Waals surface area contributed by atoms with E-state index in [0.717, 1.165) is 0 Å². The van der Waals surface area contributed by atoms with Crippen LogP contribution >= 0.6 is 0 Å². The maximum absolute atomic E-state index is 11.6. The Labute approximate surface area is 158 Å². The molecule has 20 heavy (non-hydrogen) atoms. The fraction of sp³-hybridized carbons (Fsp3) is 0.273. The van der Waals surface area contributed by atoms with Gasteiger partial charge < -0.3 is 9.84 Å². The molecule has 1 aromatic carbocycles. The van der Waals surface area contributed by atoms with Crippen molar-refractivity contribution in [1.82, 2.24) is 0 Å². The van der Waals surface area contributed by atoms with Crippen LogP contribution in [-0.4, -0.2) is 86.7 Å². The molecule has 7 nitrogen and oxygen atoms in total. The Morgan fingerprint density at radius 1 is 1.30 bits per heavy atom. The number of esters is 1. The summed E-state index contributed by atoms with van der Waals surface area (Å²) in [6.07, 6.45) is -1.07. The molecular formula is C11H13KO7S. The third-order valence-corrected chi connectivity index (χ3v) is 3.36. The zero-order valence-electron chi connectivity index (χ0n) is 9.94. The number of carbonyl (C=O) groups excluding carboxylic acids is 1. The van der Waals surface area contributed by atoms with Crippen LogP contribution in [0.1, 0.15) is 12.0 Å². The predicted octanol–water partition coefficient (Wildman–Crippen LogP) is -0.0170. The van der Waals surface area contributed by atoms with Crippen molar-refractivity contribution in [2.75, 3.05) is 0 Å². The molecule has 0 amide bonds. The molecule has 0 fully saturated rings. The first-order chi connectivity index (χ1) is 8.71. The number of carboxylic acids is 1. The van der Waals surface area contributed by atoms with Gasteiger partial charge in [0.2, 0.25) is 0 Å². The maximum atomic E-state index is 11.6. The van der Waals surface area contributed by atoms with Crippen LogP contribution in [0.3, 0.4) is 0 Å². The quantitative estimate of drug-likeness (QED) is 0.337. The average molecular weight is 328 g/mol. The summed E-state index contributed by atoms with van der Waals surface area (Å²) in [4.78, 5) is 22.1. The van der Waals surface area contributed by atoms with E-state index >= 15 is 0 Å². The van der Waals surface area contributed by atoms with Gasteiger partial charge in [-0.25, -0.2) is 0 Å². The molecule has 2 N–H and O–H groups in total. The van der Waals surface area contributed by atoms with Crippen molar-refractivity contribution >= 4 is 73.4 Å². The van der Waals surface area contributed by atoms with Gasteiger partial charge >= 0.3 is 63.3 Å². The molecule has 9 heteroatoms. The van der Waals surface area contributed by atoms with Gasteiger partial charge in [-0.1, -0.05) is 18.2 Å². The summed E-state index contributed by atoms with van der Waals surface area (Å²) >= 11 is 0. The molecule has 0 heterocycles. The zero-order valence-corrected chi connectivity index (χ0v) is 10.8. The number of carboxylic acid groups (broad SMARTS) is 1. The van der Waals surface area contributed by atoms with E-state index < -0.39 is 33.7 Å². The van der Waals surface area contributed by atoms with Crippen LogP contribution < -0.4 is 4.74 Å². The van der Waals surface area contributed by atoms with Crippen LogP contribution in [0.25, 0.3) is 0 Å².